The number of anilines is 1. The van der Waals surface area contributed by atoms with Crippen molar-refractivity contribution in [1.29, 1.82) is 0 Å². The number of methoxy groups -OCH3 is 1. The highest BCUT2D eigenvalue weighted by Gasteiger charge is 2.25. The molecule has 0 amide bonds. The Kier molecular flexibility index (Phi) is 8.33. The van der Waals surface area contributed by atoms with E-state index >= 15 is 0 Å². The van der Waals surface area contributed by atoms with Crippen molar-refractivity contribution in [1.82, 2.24) is 14.7 Å². The highest BCUT2D eigenvalue weighted by Crippen LogP contribution is 2.31. The molecule has 1 aliphatic carbocycles. The first-order chi connectivity index (χ1) is 15.3. The van der Waals surface area contributed by atoms with Gasteiger partial charge in [0.1, 0.15) is 17.8 Å². The number of aromatic nitrogens is 2. The summed E-state index contributed by atoms with van der Waals surface area (Å²) in [5.74, 6) is 1.39. The van der Waals surface area contributed by atoms with Crippen LogP contribution < -0.4 is 9.62 Å². The van der Waals surface area contributed by atoms with Crippen LogP contribution in [0, 0.1) is 12.8 Å². The van der Waals surface area contributed by atoms with E-state index in [1.54, 1.807) is 25.1 Å². The molecule has 0 bridgehead atoms. The third kappa shape index (κ3) is 6.57. The zero-order chi connectivity index (χ0) is 23.1. The maximum atomic E-state index is 12.9. The van der Waals surface area contributed by atoms with E-state index in [1.807, 2.05) is 0 Å². The topological polar surface area (TPSA) is 101 Å². The van der Waals surface area contributed by atoms with Gasteiger partial charge in [-0.3, -0.25) is 4.79 Å². The standard InChI is InChI=1S/C23H32N4O4S/c1-4-10-27(15-18-5-6-18)23-14-21(24-16-25-23)22(28)13-19-7-8-20(12-17(19)2)32(29,30)26-9-11-31-3/h7-8,12,14,16,18,26H,4-6,9-11,13,15H2,1-3H3. The number of Topliss-reactive ketones (excluding diaryl/α,β-unsaturated/α-hetero) is 1. The fourth-order valence-corrected chi connectivity index (χ4v) is 4.61. The molecule has 32 heavy (non-hydrogen) atoms. The van der Waals surface area contributed by atoms with Crippen LogP contribution in [0.4, 0.5) is 5.82 Å². The molecule has 0 saturated heterocycles. The third-order valence-electron chi connectivity index (χ3n) is 5.50. The van der Waals surface area contributed by atoms with Gasteiger partial charge in [-0.05, 0) is 55.4 Å². The molecule has 9 heteroatoms. The summed E-state index contributed by atoms with van der Waals surface area (Å²) in [6, 6.07) is 6.57. The average molecular weight is 461 g/mol. The number of hydrogen-bond donors (Lipinski definition) is 1. The van der Waals surface area contributed by atoms with Crippen molar-refractivity contribution in [3.63, 3.8) is 0 Å². The maximum absolute atomic E-state index is 12.9. The largest absolute Gasteiger partial charge is 0.383 e. The van der Waals surface area contributed by atoms with Crippen molar-refractivity contribution in [2.24, 2.45) is 5.92 Å². The third-order valence-corrected chi connectivity index (χ3v) is 6.96. The van der Waals surface area contributed by atoms with Crippen LogP contribution >= 0.6 is 0 Å². The normalized spacial score (nSPS) is 13.8. The molecule has 0 spiro atoms. The van der Waals surface area contributed by atoms with Crippen LogP contribution in [0.2, 0.25) is 0 Å². The summed E-state index contributed by atoms with van der Waals surface area (Å²) in [7, 11) is -2.11. The first-order valence-electron chi connectivity index (χ1n) is 11.0. The minimum Gasteiger partial charge on any atom is -0.383 e. The van der Waals surface area contributed by atoms with Gasteiger partial charge >= 0.3 is 0 Å². The Morgan fingerprint density at radius 3 is 2.69 bits per heavy atom. The summed E-state index contributed by atoms with van der Waals surface area (Å²) in [6.07, 6.45) is 5.12. The first-order valence-corrected chi connectivity index (χ1v) is 12.5. The van der Waals surface area contributed by atoms with Gasteiger partial charge < -0.3 is 9.64 Å². The number of aryl methyl sites for hydroxylation is 1. The van der Waals surface area contributed by atoms with Gasteiger partial charge in [0.25, 0.3) is 0 Å². The second kappa shape index (κ2) is 11.0. The van der Waals surface area contributed by atoms with Crippen LogP contribution in [0.15, 0.2) is 35.5 Å². The van der Waals surface area contributed by atoms with Gasteiger partial charge in [-0.15, -0.1) is 0 Å². The molecule has 2 aromatic rings. The number of benzene rings is 1. The predicted octanol–water partition coefficient (Wildman–Crippen LogP) is 2.76. The quantitative estimate of drug-likeness (QED) is 0.362. The van der Waals surface area contributed by atoms with E-state index in [4.69, 9.17) is 4.74 Å². The summed E-state index contributed by atoms with van der Waals surface area (Å²) >= 11 is 0. The van der Waals surface area contributed by atoms with Crippen molar-refractivity contribution >= 4 is 21.6 Å². The summed E-state index contributed by atoms with van der Waals surface area (Å²) in [5, 5.41) is 0. The molecule has 1 aromatic carbocycles. The molecule has 0 radical (unpaired) electrons. The minimum atomic E-state index is -3.62. The first kappa shape index (κ1) is 24.3. The van der Waals surface area contributed by atoms with Crippen LogP contribution in [-0.4, -0.2) is 57.5 Å². The molecule has 0 unspecified atom stereocenters. The second-order valence-electron chi connectivity index (χ2n) is 8.23. The lowest BCUT2D eigenvalue weighted by Gasteiger charge is -2.23. The molecule has 1 heterocycles. The van der Waals surface area contributed by atoms with Gasteiger partial charge in [0.2, 0.25) is 10.0 Å². The lowest BCUT2D eigenvalue weighted by Crippen LogP contribution is -2.28. The zero-order valence-electron chi connectivity index (χ0n) is 19.0. The van der Waals surface area contributed by atoms with Gasteiger partial charge in [-0.1, -0.05) is 13.0 Å². The molecule has 8 nitrogen and oxygen atoms in total. The average Bonchev–Trinajstić information content (AvgIpc) is 3.59. The van der Waals surface area contributed by atoms with Crippen molar-refractivity contribution < 1.29 is 17.9 Å². The molecule has 3 rings (SSSR count). The number of nitrogens with one attached hydrogen (secondary N) is 1. The molecule has 174 valence electrons. The van der Waals surface area contributed by atoms with Gasteiger partial charge in [0.15, 0.2) is 5.78 Å². The summed E-state index contributed by atoms with van der Waals surface area (Å²) < 4.78 is 32.2. The number of hydrogen-bond acceptors (Lipinski definition) is 7. The van der Waals surface area contributed by atoms with Gasteiger partial charge in [0.05, 0.1) is 11.5 Å². The minimum absolute atomic E-state index is 0.117. The van der Waals surface area contributed by atoms with Crippen LogP contribution in [0.5, 0.6) is 0 Å². The van der Waals surface area contributed by atoms with Crippen LogP contribution in [0.25, 0.3) is 0 Å². The maximum Gasteiger partial charge on any atom is 0.240 e. The fraction of sp³-hybridized carbons (Fsp3) is 0.522. The Labute approximate surface area is 190 Å². The molecule has 0 aliphatic heterocycles. The number of nitrogens with zero attached hydrogens (tertiary/aromatic N) is 3. The number of rotatable bonds is 13. The molecular formula is C23H32N4O4S. The Bertz CT molecular complexity index is 1040. The SMILES string of the molecule is CCCN(CC1CC1)c1cc(C(=O)Cc2ccc(S(=O)(=O)NCCOC)cc2C)ncn1. The van der Waals surface area contributed by atoms with Crippen molar-refractivity contribution in [2.75, 3.05) is 38.3 Å². The number of sulfonamides is 1. The van der Waals surface area contributed by atoms with E-state index in [0.717, 1.165) is 42.4 Å². The Hall–Kier alpha value is -2.36. The van der Waals surface area contributed by atoms with E-state index < -0.39 is 10.0 Å². The second-order valence-corrected chi connectivity index (χ2v) is 10.00. The number of ether oxygens (including phenoxy) is 1. The highest BCUT2D eigenvalue weighted by molar-refractivity contribution is 7.89. The molecular weight excluding hydrogens is 428 g/mol. The summed E-state index contributed by atoms with van der Waals surface area (Å²) in [5.41, 5.74) is 1.89. The number of carbonyl (C=O) groups excluding carboxylic acids is 1. The monoisotopic (exact) mass is 460 g/mol. The smallest absolute Gasteiger partial charge is 0.240 e. The van der Waals surface area contributed by atoms with E-state index in [2.05, 4.69) is 26.5 Å². The van der Waals surface area contributed by atoms with Crippen LogP contribution in [0.3, 0.4) is 0 Å². The van der Waals surface area contributed by atoms with Crippen molar-refractivity contribution in [3.8, 4) is 0 Å². The molecule has 1 aliphatic rings. The number of carbonyl (C=O) groups is 1. The van der Waals surface area contributed by atoms with E-state index in [-0.39, 0.29) is 23.6 Å². The lowest BCUT2D eigenvalue weighted by atomic mass is 10.0. The van der Waals surface area contributed by atoms with Gasteiger partial charge in [-0.2, -0.15) is 0 Å². The molecule has 1 fully saturated rings. The highest BCUT2D eigenvalue weighted by atomic mass is 32.2. The Balaban J connectivity index is 1.71. The zero-order valence-corrected chi connectivity index (χ0v) is 19.8. The van der Waals surface area contributed by atoms with Crippen molar-refractivity contribution in [3.05, 3.63) is 47.4 Å². The van der Waals surface area contributed by atoms with Crippen LogP contribution in [0.1, 0.15) is 47.8 Å². The molecule has 0 atom stereocenters. The molecule has 1 saturated carbocycles. The van der Waals surface area contributed by atoms with E-state index in [0.29, 0.717) is 12.3 Å². The lowest BCUT2D eigenvalue weighted by molar-refractivity contribution is 0.0988. The van der Waals surface area contributed by atoms with E-state index in [1.165, 1.54) is 32.3 Å². The predicted molar refractivity (Wildman–Crippen MR) is 124 cm³/mol. The number of ketones is 1. The molecule has 1 aromatic heterocycles. The molecule has 1 N–H and O–H groups in total. The van der Waals surface area contributed by atoms with E-state index in [9.17, 15) is 13.2 Å². The summed E-state index contributed by atoms with van der Waals surface area (Å²) in [4.78, 5) is 23.9. The van der Waals surface area contributed by atoms with Crippen molar-refractivity contribution in [2.45, 2.75) is 44.4 Å². The van der Waals surface area contributed by atoms with Crippen LogP contribution in [-0.2, 0) is 21.2 Å². The van der Waals surface area contributed by atoms with Gasteiger partial charge in [0, 0.05) is 39.2 Å². The Morgan fingerprint density at radius 1 is 1.25 bits per heavy atom. The fourth-order valence-electron chi connectivity index (χ4n) is 3.51. The Morgan fingerprint density at radius 2 is 2.03 bits per heavy atom. The van der Waals surface area contributed by atoms with Gasteiger partial charge in [-0.25, -0.2) is 23.1 Å². The summed E-state index contributed by atoms with van der Waals surface area (Å²) in [6.45, 7) is 6.29.